The first-order valence-electron chi connectivity index (χ1n) is 6.93. The highest BCUT2D eigenvalue weighted by atomic mass is 16.5. The molecule has 2 aromatic rings. The van der Waals surface area contributed by atoms with Gasteiger partial charge in [-0.3, -0.25) is 0 Å². The number of rotatable bonds is 6. The smallest absolute Gasteiger partial charge is 0.0506 e. The van der Waals surface area contributed by atoms with E-state index in [1.807, 2.05) is 0 Å². The summed E-state index contributed by atoms with van der Waals surface area (Å²) in [6.07, 6.45) is 1.99. The van der Waals surface area contributed by atoms with Gasteiger partial charge in [0.25, 0.3) is 0 Å². The van der Waals surface area contributed by atoms with Gasteiger partial charge in [-0.15, -0.1) is 0 Å². The van der Waals surface area contributed by atoms with Gasteiger partial charge in [0.15, 0.2) is 0 Å². The van der Waals surface area contributed by atoms with Crippen LogP contribution in [0.25, 0.3) is 0 Å². The molecule has 1 nitrogen and oxygen atoms in total. The molecule has 2 rings (SSSR count). The Hall–Kier alpha value is -1.60. The Morgan fingerprint density at radius 2 is 1.21 bits per heavy atom. The normalized spacial score (nSPS) is 10.6. The second-order valence-electron chi connectivity index (χ2n) is 5.09. The molecule has 1 heteroatoms. The van der Waals surface area contributed by atoms with Crippen molar-refractivity contribution >= 4 is 0 Å². The molecule has 0 aliphatic rings. The Morgan fingerprint density at radius 3 is 1.63 bits per heavy atom. The lowest BCUT2D eigenvalue weighted by Crippen LogP contribution is -2.03. The van der Waals surface area contributed by atoms with Crippen molar-refractivity contribution in [3.63, 3.8) is 0 Å². The van der Waals surface area contributed by atoms with Gasteiger partial charge in [-0.25, -0.2) is 0 Å². The van der Waals surface area contributed by atoms with Crippen molar-refractivity contribution in [1.29, 1.82) is 0 Å². The maximum Gasteiger partial charge on any atom is 0.0506 e. The minimum atomic E-state index is 0.801. The van der Waals surface area contributed by atoms with E-state index in [0.717, 1.165) is 26.1 Å². The van der Waals surface area contributed by atoms with Crippen molar-refractivity contribution in [2.45, 2.75) is 26.7 Å². The Labute approximate surface area is 116 Å². The summed E-state index contributed by atoms with van der Waals surface area (Å²) >= 11 is 0. The predicted molar refractivity (Wildman–Crippen MR) is 80.6 cm³/mol. The van der Waals surface area contributed by atoms with E-state index in [0.29, 0.717) is 0 Å². The van der Waals surface area contributed by atoms with Gasteiger partial charge in [0, 0.05) is 0 Å². The Morgan fingerprint density at radius 1 is 0.737 bits per heavy atom. The van der Waals surface area contributed by atoms with Gasteiger partial charge in [-0.2, -0.15) is 0 Å². The van der Waals surface area contributed by atoms with E-state index in [1.165, 1.54) is 22.3 Å². The van der Waals surface area contributed by atoms with Gasteiger partial charge in [0.05, 0.1) is 13.2 Å². The van der Waals surface area contributed by atoms with E-state index in [1.54, 1.807) is 0 Å². The van der Waals surface area contributed by atoms with Crippen molar-refractivity contribution in [2.75, 3.05) is 13.2 Å². The summed E-state index contributed by atoms with van der Waals surface area (Å²) in [7, 11) is 0. The summed E-state index contributed by atoms with van der Waals surface area (Å²) < 4.78 is 5.72. The zero-order chi connectivity index (χ0) is 13.5. The van der Waals surface area contributed by atoms with Crippen LogP contribution >= 0.6 is 0 Å². The van der Waals surface area contributed by atoms with Crippen LogP contribution in [0.1, 0.15) is 22.3 Å². The van der Waals surface area contributed by atoms with Crippen LogP contribution in [0.3, 0.4) is 0 Å². The molecule has 100 valence electrons. The Kier molecular flexibility index (Phi) is 5.17. The number of aryl methyl sites for hydroxylation is 2. The molecule has 0 radical (unpaired) electrons. The van der Waals surface area contributed by atoms with Crippen LogP contribution in [0.4, 0.5) is 0 Å². The molecule has 19 heavy (non-hydrogen) atoms. The number of hydrogen-bond donors (Lipinski definition) is 0. The third kappa shape index (κ3) is 4.88. The fraction of sp³-hybridized carbons (Fsp3) is 0.333. The predicted octanol–water partition coefficient (Wildman–Crippen LogP) is 4.11. The fourth-order valence-corrected chi connectivity index (χ4v) is 2.22. The largest absolute Gasteiger partial charge is 0.381 e. The molecular formula is C18H22O. The lowest BCUT2D eigenvalue weighted by Gasteiger charge is -2.06. The van der Waals surface area contributed by atoms with Crippen LogP contribution in [0.2, 0.25) is 0 Å². The first-order chi connectivity index (χ1) is 9.24. The molecule has 2 aromatic carbocycles. The summed E-state index contributed by atoms with van der Waals surface area (Å²) in [5.41, 5.74) is 5.35. The molecule has 0 spiro atoms. The standard InChI is InChI=1S/C18H22O/c1-15-5-3-7-17(13-15)9-11-19-12-10-18-8-4-6-16(2)14-18/h3-8,13-14H,9-12H2,1-2H3. The zero-order valence-corrected chi connectivity index (χ0v) is 11.9. The summed E-state index contributed by atoms with van der Waals surface area (Å²) in [6, 6.07) is 17.3. The average molecular weight is 254 g/mol. The van der Waals surface area contributed by atoms with Gasteiger partial charge in [-0.1, -0.05) is 59.7 Å². The first-order valence-corrected chi connectivity index (χ1v) is 6.93. The quantitative estimate of drug-likeness (QED) is 0.705. The van der Waals surface area contributed by atoms with Crippen LogP contribution in [-0.4, -0.2) is 13.2 Å². The van der Waals surface area contributed by atoms with Crippen molar-refractivity contribution in [1.82, 2.24) is 0 Å². The molecule has 0 fully saturated rings. The second kappa shape index (κ2) is 7.10. The van der Waals surface area contributed by atoms with Crippen molar-refractivity contribution < 1.29 is 4.74 Å². The minimum Gasteiger partial charge on any atom is -0.381 e. The third-order valence-electron chi connectivity index (χ3n) is 3.24. The summed E-state index contributed by atoms with van der Waals surface area (Å²) in [4.78, 5) is 0. The maximum absolute atomic E-state index is 5.72. The average Bonchev–Trinajstić information content (AvgIpc) is 2.38. The SMILES string of the molecule is Cc1cccc(CCOCCc2cccc(C)c2)c1. The van der Waals surface area contributed by atoms with E-state index in [9.17, 15) is 0 Å². The van der Waals surface area contributed by atoms with Gasteiger partial charge in [-0.05, 0) is 37.8 Å². The first kappa shape index (κ1) is 13.8. The molecule has 0 atom stereocenters. The highest BCUT2D eigenvalue weighted by Crippen LogP contribution is 2.06. The van der Waals surface area contributed by atoms with Crippen LogP contribution in [0.15, 0.2) is 48.5 Å². The monoisotopic (exact) mass is 254 g/mol. The molecule has 0 amide bonds. The van der Waals surface area contributed by atoms with E-state index >= 15 is 0 Å². The maximum atomic E-state index is 5.72. The van der Waals surface area contributed by atoms with Gasteiger partial charge in [0.1, 0.15) is 0 Å². The summed E-state index contributed by atoms with van der Waals surface area (Å²) in [5, 5.41) is 0. The van der Waals surface area contributed by atoms with E-state index in [2.05, 4.69) is 62.4 Å². The Balaban J connectivity index is 1.67. The van der Waals surface area contributed by atoms with Crippen LogP contribution in [-0.2, 0) is 17.6 Å². The van der Waals surface area contributed by atoms with Gasteiger partial charge >= 0.3 is 0 Å². The van der Waals surface area contributed by atoms with E-state index in [4.69, 9.17) is 4.74 Å². The Bertz CT molecular complexity index is 469. The summed E-state index contributed by atoms with van der Waals surface area (Å²) in [5.74, 6) is 0. The molecule has 0 unspecified atom stereocenters. The zero-order valence-electron chi connectivity index (χ0n) is 11.9. The molecular weight excluding hydrogens is 232 g/mol. The number of ether oxygens (including phenoxy) is 1. The molecule has 0 saturated carbocycles. The van der Waals surface area contributed by atoms with E-state index in [-0.39, 0.29) is 0 Å². The fourth-order valence-electron chi connectivity index (χ4n) is 2.22. The highest BCUT2D eigenvalue weighted by molar-refractivity contribution is 5.23. The van der Waals surface area contributed by atoms with Gasteiger partial charge in [0.2, 0.25) is 0 Å². The van der Waals surface area contributed by atoms with Crippen molar-refractivity contribution in [3.05, 3.63) is 70.8 Å². The highest BCUT2D eigenvalue weighted by Gasteiger charge is 1.96. The van der Waals surface area contributed by atoms with Crippen LogP contribution < -0.4 is 0 Å². The lowest BCUT2D eigenvalue weighted by molar-refractivity contribution is 0.140. The molecule has 0 bridgehead atoms. The number of benzene rings is 2. The number of hydrogen-bond acceptors (Lipinski definition) is 1. The molecule has 0 saturated heterocycles. The second-order valence-corrected chi connectivity index (χ2v) is 5.09. The molecule has 0 aliphatic carbocycles. The van der Waals surface area contributed by atoms with Crippen LogP contribution in [0, 0.1) is 13.8 Å². The van der Waals surface area contributed by atoms with Crippen molar-refractivity contribution in [2.24, 2.45) is 0 Å². The minimum absolute atomic E-state index is 0.801. The molecule has 0 N–H and O–H groups in total. The third-order valence-corrected chi connectivity index (χ3v) is 3.24. The molecule has 0 aliphatic heterocycles. The van der Waals surface area contributed by atoms with Crippen molar-refractivity contribution in [3.8, 4) is 0 Å². The molecule has 0 heterocycles. The molecule has 0 aromatic heterocycles. The van der Waals surface area contributed by atoms with Gasteiger partial charge < -0.3 is 4.74 Å². The van der Waals surface area contributed by atoms with E-state index < -0.39 is 0 Å². The van der Waals surface area contributed by atoms with Crippen LogP contribution in [0.5, 0.6) is 0 Å². The summed E-state index contributed by atoms with van der Waals surface area (Å²) in [6.45, 7) is 5.86. The lowest BCUT2D eigenvalue weighted by atomic mass is 10.1. The topological polar surface area (TPSA) is 9.23 Å².